The van der Waals surface area contributed by atoms with Crippen LogP contribution in [0.2, 0.25) is 0 Å². The maximum Gasteiger partial charge on any atom is 0.336 e. The van der Waals surface area contributed by atoms with Gasteiger partial charge in [-0.2, -0.15) is 0 Å². The third kappa shape index (κ3) is 2.78. The fourth-order valence-electron chi connectivity index (χ4n) is 2.88. The van der Waals surface area contributed by atoms with Crippen LogP contribution in [0.4, 0.5) is 0 Å². The Morgan fingerprint density at radius 2 is 1.63 bits per heavy atom. The monoisotopic (exact) mass is 254 g/mol. The summed E-state index contributed by atoms with van der Waals surface area (Å²) in [6.07, 6.45) is 6.06. The Morgan fingerprint density at radius 3 is 2.37 bits per heavy atom. The zero-order valence-electron chi connectivity index (χ0n) is 11.0. The Bertz CT molecular complexity index is 592. The number of hydrogen-bond acceptors (Lipinski definition) is 2. The lowest BCUT2D eigenvalue weighted by Gasteiger charge is -2.20. The van der Waals surface area contributed by atoms with Gasteiger partial charge in [-0.1, -0.05) is 49.6 Å². The Morgan fingerprint density at radius 1 is 0.895 bits per heavy atom. The summed E-state index contributed by atoms with van der Waals surface area (Å²) in [6, 6.07) is 13.7. The summed E-state index contributed by atoms with van der Waals surface area (Å²) >= 11 is 0. The lowest BCUT2D eigenvalue weighted by Crippen LogP contribution is -2.08. The van der Waals surface area contributed by atoms with E-state index < -0.39 is 0 Å². The molecule has 3 rings (SSSR count). The topological polar surface area (TPSA) is 30.2 Å². The van der Waals surface area contributed by atoms with Crippen molar-refractivity contribution >= 4 is 0 Å². The molecule has 0 atom stereocenters. The van der Waals surface area contributed by atoms with Gasteiger partial charge >= 0.3 is 5.63 Å². The maximum atomic E-state index is 11.8. The van der Waals surface area contributed by atoms with Crippen LogP contribution in [0.3, 0.4) is 0 Å². The highest BCUT2D eigenvalue weighted by Gasteiger charge is 2.18. The van der Waals surface area contributed by atoms with E-state index in [-0.39, 0.29) is 5.63 Å². The van der Waals surface area contributed by atoms with Crippen molar-refractivity contribution < 1.29 is 4.42 Å². The Labute approximate surface area is 113 Å². The van der Waals surface area contributed by atoms with E-state index in [9.17, 15) is 4.79 Å². The predicted molar refractivity (Wildman–Crippen MR) is 76.2 cm³/mol. The minimum absolute atomic E-state index is 0.234. The average Bonchev–Trinajstić information content (AvgIpc) is 2.48. The van der Waals surface area contributed by atoms with Gasteiger partial charge in [0.15, 0.2) is 0 Å². The van der Waals surface area contributed by atoms with Crippen molar-refractivity contribution in [2.24, 2.45) is 0 Å². The van der Waals surface area contributed by atoms with Gasteiger partial charge in [0.2, 0.25) is 0 Å². The molecule has 1 aliphatic rings. The summed E-state index contributed by atoms with van der Waals surface area (Å²) in [4.78, 5) is 11.8. The van der Waals surface area contributed by atoms with Crippen molar-refractivity contribution in [3.05, 3.63) is 58.6 Å². The highest BCUT2D eigenvalue weighted by atomic mass is 16.4. The van der Waals surface area contributed by atoms with Crippen LogP contribution in [-0.4, -0.2) is 0 Å². The van der Waals surface area contributed by atoms with Gasteiger partial charge in [-0.15, -0.1) is 0 Å². The van der Waals surface area contributed by atoms with Gasteiger partial charge in [-0.3, -0.25) is 0 Å². The van der Waals surface area contributed by atoms with Gasteiger partial charge in [-0.25, -0.2) is 4.79 Å². The molecule has 0 spiro atoms. The first kappa shape index (κ1) is 12.2. The van der Waals surface area contributed by atoms with Gasteiger partial charge in [0.05, 0.1) is 0 Å². The van der Waals surface area contributed by atoms with Crippen LogP contribution in [0.25, 0.3) is 11.1 Å². The van der Waals surface area contributed by atoms with Crippen LogP contribution in [0, 0.1) is 0 Å². The van der Waals surface area contributed by atoms with Crippen LogP contribution < -0.4 is 5.63 Å². The molecule has 0 amide bonds. The molecular weight excluding hydrogens is 236 g/mol. The molecule has 98 valence electrons. The molecule has 1 aromatic heterocycles. The van der Waals surface area contributed by atoms with Crippen molar-refractivity contribution in [1.82, 2.24) is 0 Å². The molecule has 1 heterocycles. The molecule has 1 aliphatic carbocycles. The van der Waals surface area contributed by atoms with Crippen LogP contribution >= 0.6 is 0 Å². The summed E-state index contributed by atoms with van der Waals surface area (Å²) in [7, 11) is 0. The minimum atomic E-state index is -0.234. The van der Waals surface area contributed by atoms with Crippen LogP contribution in [-0.2, 0) is 0 Å². The summed E-state index contributed by atoms with van der Waals surface area (Å²) < 4.78 is 5.42. The smallest absolute Gasteiger partial charge is 0.336 e. The second-order valence-electron chi connectivity index (χ2n) is 5.27. The second-order valence-corrected chi connectivity index (χ2v) is 5.27. The molecular formula is C17H18O2. The van der Waals surface area contributed by atoms with Crippen LogP contribution in [0.1, 0.15) is 43.8 Å². The number of rotatable bonds is 2. The van der Waals surface area contributed by atoms with Gasteiger partial charge in [0.1, 0.15) is 5.76 Å². The fraction of sp³-hybridized carbons (Fsp3) is 0.353. The quantitative estimate of drug-likeness (QED) is 0.797. The van der Waals surface area contributed by atoms with Crippen molar-refractivity contribution in [3.63, 3.8) is 0 Å². The van der Waals surface area contributed by atoms with E-state index in [1.165, 1.54) is 19.3 Å². The first-order valence-corrected chi connectivity index (χ1v) is 7.03. The predicted octanol–water partition coefficient (Wildman–Crippen LogP) is 4.35. The zero-order chi connectivity index (χ0) is 13.1. The molecule has 1 fully saturated rings. The van der Waals surface area contributed by atoms with Crippen molar-refractivity contribution in [3.8, 4) is 11.1 Å². The van der Waals surface area contributed by atoms with Gasteiger partial charge in [0, 0.05) is 12.0 Å². The van der Waals surface area contributed by atoms with Crippen molar-refractivity contribution in [2.75, 3.05) is 0 Å². The highest BCUT2D eigenvalue weighted by Crippen LogP contribution is 2.33. The molecule has 0 radical (unpaired) electrons. The normalized spacial score (nSPS) is 16.4. The fourth-order valence-corrected chi connectivity index (χ4v) is 2.88. The first-order valence-electron chi connectivity index (χ1n) is 7.03. The molecule has 19 heavy (non-hydrogen) atoms. The molecule has 0 aliphatic heterocycles. The van der Waals surface area contributed by atoms with E-state index in [0.717, 1.165) is 29.7 Å². The van der Waals surface area contributed by atoms with E-state index in [2.05, 4.69) is 0 Å². The minimum Gasteiger partial charge on any atom is -0.428 e. The molecule has 1 aromatic carbocycles. The van der Waals surface area contributed by atoms with E-state index >= 15 is 0 Å². The lowest BCUT2D eigenvalue weighted by molar-refractivity contribution is 0.355. The Kier molecular flexibility index (Phi) is 3.49. The molecule has 0 bridgehead atoms. The van der Waals surface area contributed by atoms with Gasteiger partial charge in [-0.05, 0) is 30.0 Å². The largest absolute Gasteiger partial charge is 0.428 e. The average molecular weight is 254 g/mol. The molecule has 2 aromatic rings. The summed E-state index contributed by atoms with van der Waals surface area (Å²) in [5.74, 6) is 1.29. The van der Waals surface area contributed by atoms with Gasteiger partial charge in [0.25, 0.3) is 0 Å². The molecule has 1 saturated carbocycles. The number of benzene rings is 1. The zero-order valence-corrected chi connectivity index (χ0v) is 11.0. The second kappa shape index (κ2) is 5.43. The molecule has 0 saturated heterocycles. The summed E-state index contributed by atoms with van der Waals surface area (Å²) in [5.41, 5.74) is 1.81. The van der Waals surface area contributed by atoms with E-state index in [0.29, 0.717) is 5.92 Å². The van der Waals surface area contributed by atoms with Crippen molar-refractivity contribution in [2.45, 2.75) is 38.0 Å². The molecule has 2 nitrogen and oxygen atoms in total. The molecule has 2 heteroatoms. The Balaban J connectivity index is 1.98. The standard InChI is InChI=1S/C17H18O2/c18-17-12-15(13-7-3-1-4-8-13)11-16(19-17)14-9-5-2-6-10-14/h1,3-4,7-8,11-12,14H,2,5-6,9-10H2. The third-order valence-electron chi connectivity index (χ3n) is 3.90. The summed E-state index contributed by atoms with van der Waals surface area (Å²) in [5, 5.41) is 0. The molecule has 0 N–H and O–H groups in total. The van der Waals surface area contributed by atoms with Gasteiger partial charge < -0.3 is 4.42 Å². The van der Waals surface area contributed by atoms with E-state index in [1.54, 1.807) is 6.07 Å². The van der Waals surface area contributed by atoms with Crippen LogP contribution in [0.15, 0.2) is 51.7 Å². The SMILES string of the molecule is O=c1cc(-c2ccccc2)cc(C2CCCCC2)o1. The lowest BCUT2D eigenvalue weighted by atomic mass is 9.87. The van der Waals surface area contributed by atoms with Crippen molar-refractivity contribution in [1.29, 1.82) is 0 Å². The van der Waals surface area contributed by atoms with E-state index in [4.69, 9.17) is 4.42 Å². The van der Waals surface area contributed by atoms with Crippen LogP contribution in [0.5, 0.6) is 0 Å². The first-order chi connectivity index (χ1) is 9.33. The molecule has 0 unspecified atom stereocenters. The summed E-state index contributed by atoms with van der Waals surface area (Å²) in [6.45, 7) is 0. The number of hydrogen-bond donors (Lipinski definition) is 0. The Hall–Kier alpha value is -1.83. The highest BCUT2D eigenvalue weighted by molar-refractivity contribution is 5.62. The maximum absolute atomic E-state index is 11.8. The third-order valence-corrected chi connectivity index (χ3v) is 3.90. The van der Waals surface area contributed by atoms with E-state index in [1.807, 2.05) is 36.4 Å².